The molecule has 5 nitrogen and oxygen atoms in total. The average Bonchev–Trinajstić information content (AvgIpc) is 2.73. The molecule has 0 aromatic heterocycles. The minimum absolute atomic E-state index is 0.424. The molecule has 0 radical (unpaired) electrons. The van der Waals surface area contributed by atoms with E-state index in [9.17, 15) is 0 Å². The molecule has 2 aromatic rings. The Morgan fingerprint density at radius 3 is 2.63 bits per heavy atom. The van der Waals surface area contributed by atoms with Crippen LogP contribution in [-0.4, -0.2) is 31.6 Å². The van der Waals surface area contributed by atoms with Crippen molar-refractivity contribution in [1.29, 1.82) is 5.26 Å². The van der Waals surface area contributed by atoms with Crippen molar-refractivity contribution in [1.82, 2.24) is 10.6 Å². The Morgan fingerprint density at radius 1 is 1.15 bits per heavy atom. The fourth-order valence-electron chi connectivity index (χ4n) is 3.34. The monoisotopic (exact) mass is 361 g/mol. The van der Waals surface area contributed by atoms with Crippen molar-refractivity contribution in [3.05, 3.63) is 65.7 Å². The number of hydrogen-bond donors (Lipinski definition) is 2. The molecule has 3 rings (SSSR count). The van der Waals surface area contributed by atoms with E-state index in [0.29, 0.717) is 18.2 Å². The van der Waals surface area contributed by atoms with Crippen LogP contribution in [-0.2, 0) is 6.54 Å². The maximum absolute atomic E-state index is 9.03. The third-order valence-electron chi connectivity index (χ3n) is 4.78. The molecule has 0 atom stereocenters. The molecule has 1 heterocycles. The topological polar surface area (TPSA) is 63.5 Å². The van der Waals surface area contributed by atoms with Gasteiger partial charge in [0, 0.05) is 31.4 Å². The highest BCUT2D eigenvalue weighted by Gasteiger charge is 2.20. The van der Waals surface area contributed by atoms with Crippen LogP contribution in [0.1, 0.15) is 30.9 Å². The van der Waals surface area contributed by atoms with Gasteiger partial charge in [0.05, 0.1) is 18.2 Å². The maximum atomic E-state index is 9.03. The molecule has 0 saturated carbocycles. The summed E-state index contributed by atoms with van der Waals surface area (Å²) in [5, 5.41) is 15.9. The molecule has 140 valence electrons. The first-order valence-corrected chi connectivity index (χ1v) is 9.62. The lowest BCUT2D eigenvalue weighted by molar-refractivity contribution is 0.461. The quantitative estimate of drug-likeness (QED) is 0.634. The Hall–Kier alpha value is -3.00. The number of aliphatic imine (C=N–C) groups is 1. The summed E-state index contributed by atoms with van der Waals surface area (Å²) in [6, 6.07) is 20.8. The zero-order valence-corrected chi connectivity index (χ0v) is 15.9. The fraction of sp³-hybridized carbons (Fsp3) is 0.364. The van der Waals surface area contributed by atoms with Crippen LogP contribution in [0.4, 0.5) is 5.69 Å². The summed E-state index contributed by atoms with van der Waals surface area (Å²) >= 11 is 0. The zero-order chi connectivity index (χ0) is 18.9. The molecule has 1 aliphatic heterocycles. The molecule has 0 amide bonds. The van der Waals surface area contributed by atoms with E-state index in [1.54, 1.807) is 0 Å². The van der Waals surface area contributed by atoms with Gasteiger partial charge in [-0.25, -0.2) is 4.99 Å². The van der Waals surface area contributed by atoms with Crippen molar-refractivity contribution >= 4 is 11.6 Å². The number of nitriles is 1. The highest BCUT2D eigenvalue weighted by molar-refractivity contribution is 5.80. The molecule has 0 unspecified atom stereocenters. The third kappa shape index (κ3) is 5.49. The van der Waals surface area contributed by atoms with Gasteiger partial charge in [-0.1, -0.05) is 30.3 Å². The maximum Gasteiger partial charge on any atom is 0.191 e. The van der Waals surface area contributed by atoms with Crippen LogP contribution >= 0.6 is 0 Å². The molecule has 2 N–H and O–H groups in total. The van der Waals surface area contributed by atoms with Crippen molar-refractivity contribution in [3.8, 4) is 6.07 Å². The number of benzene rings is 2. The van der Waals surface area contributed by atoms with Crippen molar-refractivity contribution < 1.29 is 0 Å². The molecule has 0 spiro atoms. The van der Waals surface area contributed by atoms with Gasteiger partial charge >= 0.3 is 0 Å². The minimum atomic E-state index is 0.424. The second kappa shape index (κ2) is 9.63. The van der Waals surface area contributed by atoms with Crippen LogP contribution in [0.25, 0.3) is 0 Å². The van der Waals surface area contributed by atoms with Gasteiger partial charge < -0.3 is 15.5 Å². The highest BCUT2D eigenvalue weighted by Crippen LogP contribution is 2.19. The predicted octanol–water partition coefficient (Wildman–Crippen LogP) is 3.28. The van der Waals surface area contributed by atoms with E-state index in [-0.39, 0.29) is 0 Å². The largest absolute Gasteiger partial charge is 0.371 e. The number of anilines is 1. The van der Waals surface area contributed by atoms with Crippen LogP contribution in [0.2, 0.25) is 0 Å². The average molecular weight is 361 g/mol. The van der Waals surface area contributed by atoms with Crippen molar-refractivity contribution in [2.75, 3.05) is 24.5 Å². The van der Waals surface area contributed by atoms with E-state index < -0.39 is 0 Å². The standard InChI is InChI=1S/C22H27N5/c1-2-24-22(25-17-19-8-6-7-18(15-19)16-23)26-20-11-13-27(14-12-20)21-9-4-3-5-10-21/h3-10,15,20H,2,11-14,17H2,1H3,(H2,24,25,26). The molecule has 1 fully saturated rings. The summed E-state index contributed by atoms with van der Waals surface area (Å²) in [5.41, 5.74) is 3.02. The first-order valence-electron chi connectivity index (χ1n) is 9.62. The van der Waals surface area contributed by atoms with Crippen LogP contribution in [0.15, 0.2) is 59.6 Å². The Kier molecular flexibility index (Phi) is 6.70. The molecule has 1 aliphatic rings. The summed E-state index contributed by atoms with van der Waals surface area (Å²) in [6.07, 6.45) is 2.17. The molecular weight excluding hydrogens is 334 g/mol. The van der Waals surface area contributed by atoms with Crippen molar-refractivity contribution in [2.24, 2.45) is 4.99 Å². The van der Waals surface area contributed by atoms with E-state index in [4.69, 9.17) is 10.3 Å². The summed E-state index contributed by atoms with van der Waals surface area (Å²) < 4.78 is 0. The minimum Gasteiger partial charge on any atom is -0.371 e. The van der Waals surface area contributed by atoms with E-state index in [0.717, 1.165) is 44.0 Å². The number of hydrogen-bond acceptors (Lipinski definition) is 3. The first-order chi connectivity index (χ1) is 13.3. The Bertz CT molecular complexity index is 786. The second-order valence-electron chi connectivity index (χ2n) is 6.75. The van der Waals surface area contributed by atoms with Crippen LogP contribution < -0.4 is 15.5 Å². The van der Waals surface area contributed by atoms with Gasteiger partial charge in [0.25, 0.3) is 0 Å². The van der Waals surface area contributed by atoms with Crippen LogP contribution in [0.3, 0.4) is 0 Å². The van der Waals surface area contributed by atoms with Gasteiger partial charge in [-0.05, 0) is 49.6 Å². The fourth-order valence-corrected chi connectivity index (χ4v) is 3.34. The summed E-state index contributed by atoms with van der Waals surface area (Å²) in [4.78, 5) is 7.14. The van der Waals surface area contributed by atoms with Crippen LogP contribution in [0, 0.1) is 11.3 Å². The number of rotatable bonds is 5. The predicted molar refractivity (Wildman–Crippen MR) is 111 cm³/mol. The van der Waals surface area contributed by atoms with E-state index in [1.807, 2.05) is 24.3 Å². The van der Waals surface area contributed by atoms with E-state index in [2.05, 4.69) is 58.9 Å². The molecule has 0 aliphatic carbocycles. The molecule has 27 heavy (non-hydrogen) atoms. The number of para-hydroxylation sites is 1. The van der Waals surface area contributed by atoms with E-state index in [1.165, 1.54) is 5.69 Å². The van der Waals surface area contributed by atoms with Gasteiger partial charge in [0.2, 0.25) is 0 Å². The molecule has 1 saturated heterocycles. The van der Waals surface area contributed by atoms with Crippen molar-refractivity contribution in [3.63, 3.8) is 0 Å². The number of nitrogens with one attached hydrogen (secondary N) is 2. The lowest BCUT2D eigenvalue weighted by Crippen LogP contribution is -2.48. The zero-order valence-electron chi connectivity index (χ0n) is 15.9. The molecule has 0 bridgehead atoms. The van der Waals surface area contributed by atoms with Gasteiger partial charge in [0.15, 0.2) is 5.96 Å². The second-order valence-corrected chi connectivity index (χ2v) is 6.75. The lowest BCUT2D eigenvalue weighted by Gasteiger charge is -2.34. The summed E-state index contributed by atoms with van der Waals surface area (Å²) in [7, 11) is 0. The number of guanidine groups is 1. The van der Waals surface area contributed by atoms with Gasteiger partial charge in [-0.2, -0.15) is 5.26 Å². The Labute approximate surface area is 161 Å². The summed E-state index contributed by atoms with van der Waals surface area (Å²) in [5.74, 6) is 0.845. The van der Waals surface area contributed by atoms with Gasteiger partial charge in [-0.3, -0.25) is 0 Å². The first kappa shape index (κ1) is 18.8. The smallest absolute Gasteiger partial charge is 0.191 e. The Morgan fingerprint density at radius 2 is 1.93 bits per heavy atom. The highest BCUT2D eigenvalue weighted by atomic mass is 15.2. The van der Waals surface area contributed by atoms with E-state index >= 15 is 0 Å². The molecular formula is C22H27N5. The SMILES string of the molecule is CCNC(=NCc1cccc(C#N)c1)NC1CCN(c2ccccc2)CC1. The Balaban J connectivity index is 1.56. The van der Waals surface area contributed by atoms with Crippen LogP contribution in [0.5, 0.6) is 0 Å². The summed E-state index contributed by atoms with van der Waals surface area (Å²) in [6.45, 7) is 5.56. The number of piperidine rings is 1. The van der Waals surface area contributed by atoms with Crippen molar-refractivity contribution in [2.45, 2.75) is 32.4 Å². The third-order valence-corrected chi connectivity index (χ3v) is 4.78. The molecule has 5 heteroatoms. The normalized spacial score (nSPS) is 15.3. The molecule has 2 aromatic carbocycles. The van der Waals surface area contributed by atoms with Gasteiger partial charge in [-0.15, -0.1) is 0 Å². The lowest BCUT2D eigenvalue weighted by atomic mass is 10.0. The number of nitrogens with zero attached hydrogens (tertiary/aromatic N) is 3. The van der Waals surface area contributed by atoms with Gasteiger partial charge in [0.1, 0.15) is 0 Å².